The zero-order chi connectivity index (χ0) is 12.9. The summed E-state index contributed by atoms with van der Waals surface area (Å²) in [5.41, 5.74) is 0.967. The van der Waals surface area contributed by atoms with Crippen LogP contribution in [0.2, 0.25) is 0 Å². The summed E-state index contributed by atoms with van der Waals surface area (Å²) in [4.78, 5) is 0. The van der Waals surface area contributed by atoms with Gasteiger partial charge in [0.05, 0.1) is 23.5 Å². The highest BCUT2D eigenvalue weighted by atomic mass is 16.5. The number of aryl methyl sites for hydroxylation is 1. The highest BCUT2D eigenvalue weighted by Gasteiger charge is 2.25. The van der Waals surface area contributed by atoms with Gasteiger partial charge in [0, 0.05) is 13.7 Å². The molecule has 1 N–H and O–H groups in total. The summed E-state index contributed by atoms with van der Waals surface area (Å²) in [5.74, 6) is 0. The molecular formula is C12H24N4O. The molecule has 0 amide bonds. The molecule has 1 aromatic heterocycles. The Balaban J connectivity index is 2.82. The van der Waals surface area contributed by atoms with Crippen molar-refractivity contribution in [2.75, 3.05) is 14.2 Å². The lowest BCUT2D eigenvalue weighted by atomic mass is 9.97. The fourth-order valence-electron chi connectivity index (χ4n) is 1.85. The predicted octanol–water partition coefficient (Wildman–Crippen LogP) is 1.76. The number of aromatic nitrogens is 3. The highest BCUT2D eigenvalue weighted by Crippen LogP contribution is 2.25. The van der Waals surface area contributed by atoms with Crippen LogP contribution in [0.4, 0.5) is 0 Å². The van der Waals surface area contributed by atoms with Crippen molar-refractivity contribution in [3.63, 3.8) is 0 Å². The van der Waals surface area contributed by atoms with Crippen LogP contribution in [0.1, 0.15) is 45.3 Å². The van der Waals surface area contributed by atoms with Gasteiger partial charge in [-0.2, -0.15) is 0 Å². The van der Waals surface area contributed by atoms with E-state index in [-0.39, 0.29) is 11.6 Å². The Morgan fingerprint density at radius 2 is 2.24 bits per heavy atom. The summed E-state index contributed by atoms with van der Waals surface area (Å²) >= 11 is 0. The number of rotatable bonds is 7. The van der Waals surface area contributed by atoms with Crippen molar-refractivity contribution in [1.29, 1.82) is 0 Å². The number of methoxy groups -OCH3 is 1. The van der Waals surface area contributed by atoms with Crippen LogP contribution in [0.15, 0.2) is 6.20 Å². The van der Waals surface area contributed by atoms with Gasteiger partial charge in [-0.25, -0.2) is 4.68 Å². The average molecular weight is 240 g/mol. The number of nitrogens with zero attached hydrogens (tertiary/aromatic N) is 3. The van der Waals surface area contributed by atoms with Crippen LogP contribution in [0.25, 0.3) is 0 Å². The zero-order valence-corrected chi connectivity index (χ0v) is 11.5. The molecule has 0 saturated carbocycles. The van der Waals surface area contributed by atoms with Crippen LogP contribution in [-0.2, 0) is 11.3 Å². The Morgan fingerprint density at radius 3 is 2.76 bits per heavy atom. The Labute approximate surface area is 104 Å². The third-order valence-corrected chi connectivity index (χ3v) is 3.04. The van der Waals surface area contributed by atoms with Gasteiger partial charge in [0.25, 0.3) is 0 Å². The lowest BCUT2D eigenvalue weighted by Crippen LogP contribution is -2.31. The fraction of sp³-hybridized carbons (Fsp3) is 0.833. The quantitative estimate of drug-likeness (QED) is 0.789. The third kappa shape index (κ3) is 3.78. The normalized spacial score (nSPS) is 13.9. The lowest BCUT2D eigenvalue weighted by molar-refractivity contribution is 0.00674. The summed E-state index contributed by atoms with van der Waals surface area (Å²) < 4.78 is 7.44. The standard InChI is InChI=1S/C12H24N4O/c1-6-7-16-11(9-14-15-16)10(13-4)8-12(2,3)17-5/h9-10,13H,6-8H2,1-5H3. The molecule has 1 aromatic rings. The maximum atomic E-state index is 5.48. The van der Waals surface area contributed by atoms with Crippen molar-refractivity contribution in [2.24, 2.45) is 0 Å². The first-order valence-corrected chi connectivity index (χ1v) is 6.15. The van der Waals surface area contributed by atoms with Crippen LogP contribution in [0.5, 0.6) is 0 Å². The van der Waals surface area contributed by atoms with E-state index in [1.54, 1.807) is 7.11 Å². The summed E-state index contributed by atoms with van der Waals surface area (Å²) in [6.45, 7) is 7.22. The van der Waals surface area contributed by atoms with Gasteiger partial charge < -0.3 is 10.1 Å². The number of hydrogen-bond donors (Lipinski definition) is 1. The molecule has 0 fully saturated rings. The van der Waals surface area contributed by atoms with E-state index in [9.17, 15) is 0 Å². The molecule has 98 valence electrons. The SMILES string of the molecule is CCCn1nncc1C(CC(C)(C)OC)NC. The minimum Gasteiger partial charge on any atom is -0.379 e. The molecule has 5 nitrogen and oxygen atoms in total. The van der Waals surface area contributed by atoms with Crippen molar-refractivity contribution >= 4 is 0 Å². The molecule has 1 rings (SSSR count). The van der Waals surface area contributed by atoms with E-state index in [0.717, 1.165) is 25.1 Å². The van der Waals surface area contributed by atoms with E-state index in [1.807, 2.05) is 17.9 Å². The first-order chi connectivity index (χ1) is 8.04. The summed E-state index contributed by atoms with van der Waals surface area (Å²) in [7, 11) is 3.70. The molecule has 0 aliphatic heterocycles. The van der Waals surface area contributed by atoms with Crippen LogP contribution < -0.4 is 5.32 Å². The maximum absolute atomic E-state index is 5.48. The minimum absolute atomic E-state index is 0.158. The first-order valence-electron chi connectivity index (χ1n) is 6.15. The average Bonchev–Trinajstić information content (AvgIpc) is 2.75. The number of hydrogen-bond acceptors (Lipinski definition) is 4. The van der Waals surface area contributed by atoms with Gasteiger partial charge in [-0.3, -0.25) is 0 Å². The van der Waals surface area contributed by atoms with Gasteiger partial charge in [0.15, 0.2) is 0 Å². The Morgan fingerprint density at radius 1 is 1.53 bits per heavy atom. The van der Waals surface area contributed by atoms with Gasteiger partial charge in [-0.15, -0.1) is 5.10 Å². The van der Waals surface area contributed by atoms with E-state index < -0.39 is 0 Å². The molecule has 1 atom stereocenters. The minimum atomic E-state index is -0.158. The number of nitrogens with one attached hydrogen (secondary N) is 1. The largest absolute Gasteiger partial charge is 0.379 e. The Bertz CT molecular complexity index is 335. The first kappa shape index (κ1) is 14.1. The highest BCUT2D eigenvalue weighted by molar-refractivity contribution is 5.03. The lowest BCUT2D eigenvalue weighted by Gasteiger charge is -2.28. The molecule has 5 heteroatoms. The molecule has 0 saturated heterocycles. The zero-order valence-electron chi connectivity index (χ0n) is 11.5. The summed E-state index contributed by atoms with van der Waals surface area (Å²) in [5, 5.41) is 11.4. The van der Waals surface area contributed by atoms with Crippen LogP contribution in [-0.4, -0.2) is 34.8 Å². The fourth-order valence-corrected chi connectivity index (χ4v) is 1.85. The monoisotopic (exact) mass is 240 g/mol. The second kappa shape index (κ2) is 6.12. The molecule has 0 bridgehead atoms. The smallest absolute Gasteiger partial charge is 0.0757 e. The molecule has 0 aliphatic rings. The predicted molar refractivity (Wildman–Crippen MR) is 67.8 cm³/mol. The second-order valence-electron chi connectivity index (χ2n) is 4.89. The molecule has 17 heavy (non-hydrogen) atoms. The third-order valence-electron chi connectivity index (χ3n) is 3.04. The maximum Gasteiger partial charge on any atom is 0.0757 e. The van der Waals surface area contributed by atoms with Gasteiger partial charge in [0.2, 0.25) is 0 Å². The van der Waals surface area contributed by atoms with Crippen molar-refractivity contribution in [2.45, 2.75) is 51.8 Å². The van der Waals surface area contributed by atoms with Gasteiger partial charge in [0.1, 0.15) is 0 Å². The van der Waals surface area contributed by atoms with E-state index >= 15 is 0 Å². The summed E-state index contributed by atoms with van der Waals surface area (Å²) in [6, 6.07) is 0.214. The van der Waals surface area contributed by atoms with Crippen LogP contribution >= 0.6 is 0 Å². The van der Waals surface area contributed by atoms with Gasteiger partial charge in [-0.05, 0) is 33.7 Å². The van der Waals surface area contributed by atoms with Gasteiger partial charge in [-0.1, -0.05) is 12.1 Å². The van der Waals surface area contributed by atoms with Gasteiger partial charge >= 0.3 is 0 Å². The van der Waals surface area contributed by atoms with E-state index in [2.05, 4.69) is 36.4 Å². The van der Waals surface area contributed by atoms with Crippen molar-refractivity contribution in [3.8, 4) is 0 Å². The molecule has 0 spiro atoms. The topological polar surface area (TPSA) is 52.0 Å². The molecule has 0 aromatic carbocycles. The van der Waals surface area contributed by atoms with Crippen molar-refractivity contribution in [3.05, 3.63) is 11.9 Å². The van der Waals surface area contributed by atoms with Crippen LogP contribution in [0.3, 0.4) is 0 Å². The van der Waals surface area contributed by atoms with E-state index in [1.165, 1.54) is 0 Å². The van der Waals surface area contributed by atoms with E-state index in [4.69, 9.17) is 4.74 Å². The molecule has 1 heterocycles. The molecule has 0 aliphatic carbocycles. The molecule has 1 unspecified atom stereocenters. The summed E-state index contributed by atoms with van der Waals surface area (Å²) in [6.07, 6.45) is 3.78. The Hall–Kier alpha value is -0.940. The number of ether oxygens (including phenoxy) is 1. The van der Waals surface area contributed by atoms with Crippen LogP contribution in [0, 0.1) is 0 Å². The molecule has 0 radical (unpaired) electrons. The van der Waals surface area contributed by atoms with E-state index in [0.29, 0.717) is 0 Å². The van der Waals surface area contributed by atoms with Crippen molar-refractivity contribution < 1.29 is 4.74 Å². The van der Waals surface area contributed by atoms with Crippen molar-refractivity contribution in [1.82, 2.24) is 20.3 Å². The second-order valence-corrected chi connectivity index (χ2v) is 4.89. The Kier molecular flexibility index (Phi) is 5.08. The molecular weight excluding hydrogens is 216 g/mol.